The van der Waals surface area contributed by atoms with E-state index in [4.69, 9.17) is 0 Å². The lowest BCUT2D eigenvalue weighted by Gasteiger charge is -2.27. The van der Waals surface area contributed by atoms with Crippen molar-refractivity contribution in [2.45, 2.75) is 31.8 Å². The fraction of sp³-hybridized carbons (Fsp3) is 0.438. The molecule has 1 aliphatic rings. The van der Waals surface area contributed by atoms with E-state index in [1.54, 1.807) is 0 Å². The smallest absolute Gasteiger partial charge is 0.253 e. The number of nitrogens with one attached hydrogen (secondary N) is 2. The summed E-state index contributed by atoms with van der Waals surface area (Å²) in [6.45, 7) is 0.553. The zero-order chi connectivity index (χ0) is 13.9. The van der Waals surface area contributed by atoms with Crippen molar-refractivity contribution in [3.8, 4) is 0 Å². The largest absolute Gasteiger partial charge is 0.393 e. The first-order valence-electron chi connectivity index (χ1n) is 7.28. The van der Waals surface area contributed by atoms with Crippen LogP contribution in [0.1, 0.15) is 36.0 Å². The van der Waals surface area contributed by atoms with Crippen molar-refractivity contribution in [2.24, 2.45) is 5.92 Å². The Morgan fingerprint density at radius 1 is 1.30 bits per heavy atom. The molecule has 20 heavy (non-hydrogen) atoms. The van der Waals surface area contributed by atoms with Gasteiger partial charge in [0.05, 0.1) is 17.2 Å². The molecule has 1 aliphatic carbocycles. The Morgan fingerprint density at radius 3 is 3.00 bits per heavy atom. The molecule has 1 aromatic carbocycles. The lowest BCUT2D eigenvalue weighted by Crippen LogP contribution is -2.36. The highest BCUT2D eigenvalue weighted by Crippen LogP contribution is 2.24. The third-order valence-corrected chi connectivity index (χ3v) is 4.23. The van der Waals surface area contributed by atoms with E-state index < -0.39 is 0 Å². The van der Waals surface area contributed by atoms with E-state index in [-0.39, 0.29) is 17.9 Å². The van der Waals surface area contributed by atoms with Gasteiger partial charge in [-0.25, -0.2) is 0 Å². The number of aromatic nitrogens is 1. The summed E-state index contributed by atoms with van der Waals surface area (Å²) in [4.78, 5) is 15.4. The molecule has 3 N–H and O–H groups in total. The molecule has 0 radical (unpaired) electrons. The summed E-state index contributed by atoms with van der Waals surface area (Å²) in [7, 11) is 0. The minimum absolute atomic E-state index is 0.0733. The van der Waals surface area contributed by atoms with Gasteiger partial charge in [-0.15, -0.1) is 0 Å². The predicted octanol–water partition coefficient (Wildman–Crippen LogP) is 2.45. The number of aromatic amines is 1. The number of amides is 1. The topological polar surface area (TPSA) is 65.1 Å². The van der Waals surface area contributed by atoms with Crippen molar-refractivity contribution < 1.29 is 9.90 Å². The van der Waals surface area contributed by atoms with E-state index in [0.29, 0.717) is 12.1 Å². The summed E-state index contributed by atoms with van der Waals surface area (Å²) >= 11 is 0. The number of rotatable bonds is 3. The molecule has 4 nitrogen and oxygen atoms in total. The molecule has 1 amide bonds. The maximum absolute atomic E-state index is 12.3. The van der Waals surface area contributed by atoms with Crippen LogP contribution >= 0.6 is 0 Å². The quantitative estimate of drug-likeness (QED) is 0.803. The van der Waals surface area contributed by atoms with Gasteiger partial charge in [0.25, 0.3) is 5.91 Å². The van der Waals surface area contributed by atoms with Gasteiger partial charge in [-0.1, -0.05) is 25.0 Å². The van der Waals surface area contributed by atoms with Crippen molar-refractivity contribution in [3.05, 3.63) is 36.0 Å². The third-order valence-electron chi connectivity index (χ3n) is 4.23. The van der Waals surface area contributed by atoms with Gasteiger partial charge in [-0.05, 0) is 25.0 Å². The number of fused-ring (bicyclic) bond motifs is 1. The number of carbonyl (C=O) groups is 1. The highest BCUT2D eigenvalue weighted by atomic mass is 16.3. The Balaban J connectivity index is 1.68. The maximum Gasteiger partial charge on any atom is 0.253 e. The van der Waals surface area contributed by atoms with Gasteiger partial charge in [0.1, 0.15) is 0 Å². The first-order chi connectivity index (χ1) is 9.75. The molecule has 0 spiro atoms. The van der Waals surface area contributed by atoms with Crippen LogP contribution in [0.4, 0.5) is 0 Å². The van der Waals surface area contributed by atoms with Gasteiger partial charge in [0, 0.05) is 24.0 Å². The number of para-hydroxylation sites is 1. The first-order valence-corrected chi connectivity index (χ1v) is 7.28. The van der Waals surface area contributed by atoms with Crippen LogP contribution in [0.5, 0.6) is 0 Å². The first kappa shape index (κ1) is 13.2. The normalized spacial score (nSPS) is 22.9. The van der Waals surface area contributed by atoms with Crippen molar-refractivity contribution in [1.82, 2.24) is 10.3 Å². The molecule has 2 atom stereocenters. The Kier molecular flexibility index (Phi) is 3.74. The molecule has 1 saturated carbocycles. The van der Waals surface area contributed by atoms with Gasteiger partial charge in [0.15, 0.2) is 0 Å². The lowest BCUT2D eigenvalue weighted by atomic mass is 9.86. The number of hydrogen-bond acceptors (Lipinski definition) is 2. The molecule has 106 valence electrons. The molecule has 0 bridgehead atoms. The highest BCUT2D eigenvalue weighted by molar-refractivity contribution is 6.05. The third kappa shape index (κ3) is 2.56. The molecule has 1 heterocycles. The zero-order valence-corrected chi connectivity index (χ0v) is 11.4. The predicted molar refractivity (Wildman–Crippen MR) is 78.6 cm³/mol. The molecule has 4 heteroatoms. The summed E-state index contributed by atoms with van der Waals surface area (Å²) in [6.07, 6.45) is 5.65. The number of aliphatic hydroxyl groups is 1. The molecule has 2 unspecified atom stereocenters. The van der Waals surface area contributed by atoms with E-state index in [1.165, 1.54) is 0 Å². The minimum Gasteiger partial charge on any atom is -0.393 e. The average molecular weight is 272 g/mol. The van der Waals surface area contributed by atoms with Crippen LogP contribution in [-0.4, -0.2) is 28.6 Å². The molecular weight excluding hydrogens is 252 g/mol. The molecule has 1 aromatic heterocycles. The van der Waals surface area contributed by atoms with Gasteiger partial charge in [-0.2, -0.15) is 0 Å². The molecule has 0 aliphatic heterocycles. The van der Waals surface area contributed by atoms with Crippen LogP contribution in [0.15, 0.2) is 30.5 Å². The molecule has 1 fully saturated rings. The molecular formula is C16H20N2O2. The van der Waals surface area contributed by atoms with Crippen LogP contribution < -0.4 is 5.32 Å². The SMILES string of the molecule is O=C(NCC1CCCCC1O)c1cccc2cc[nH]c12. The van der Waals surface area contributed by atoms with Crippen LogP contribution in [-0.2, 0) is 0 Å². The van der Waals surface area contributed by atoms with Gasteiger partial charge in [-0.3, -0.25) is 4.79 Å². The zero-order valence-electron chi connectivity index (χ0n) is 11.4. The second-order valence-corrected chi connectivity index (χ2v) is 5.57. The van der Waals surface area contributed by atoms with Crippen molar-refractivity contribution in [3.63, 3.8) is 0 Å². The fourth-order valence-electron chi connectivity index (χ4n) is 3.02. The number of benzene rings is 1. The summed E-state index contributed by atoms with van der Waals surface area (Å²) in [5.41, 5.74) is 1.53. The van der Waals surface area contributed by atoms with Crippen molar-refractivity contribution in [1.29, 1.82) is 0 Å². The van der Waals surface area contributed by atoms with Crippen LogP contribution in [0.2, 0.25) is 0 Å². The molecule has 2 aromatic rings. The average Bonchev–Trinajstić information content (AvgIpc) is 2.94. The lowest BCUT2D eigenvalue weighted by molar-refractivity contribution is 0.0663. The molecule has 3 rings (SSSR count). The van der Waals surface area contributed by atoms with Crippen LogP contribution in [0, 0.1) is 5.92 Å². The van der Waals surface area contributed by atoms with E-state index in [2.05, 4.69) is 10.3 Å². The Morgan fingerprint density at radius 2 is 2.15 bits per heavy atom. The van der Waals surface area contributed by atoms with Crippen LogP contribution in [0.3, 0.4) is 0 Å². The van der Waals surface area contributed by atoms with Gasteiger partial charge < -0.3 is 15.4 Å². The van der Waals surface area contributed by atoms with E-state index >= 15 is 0 Å². The Bertz CT molecular complexity index is 605. The minimum atomic E-state index is -0.273. The van der Waals surface area contributed by atoms with E-state index in [1.807, 2.05) is 30.5 Å². The number of H-pyrrole nitrogens is 1. The monoisotopic (exact) mass is 272 g/mol. The Hall–Kier alpha value is -1.81. The van der Waals surface area contributed by atoms with E-state index in [9.17, 15) is 9.90 Å². The summed E-state index contributed by atoms with van der Waals surface area (Å²) in [5.74, 6) is 0.117. The second kappa shape index (κ2) is 5.67. The van der Waals surface area contributed by atoms with Gasteiger partial charge >= 0.3 is 0 Å². The summed E-state index contributed by atoms with van der Waals surface area (Å²) in [6, 6.07) is 7.65. The van der Waals surface area contributed by atoms with Crippen molar-refractivity contribution in [2.75, 3.05) is 6.54 Å². The second-order valence-electron chi connectivity index (χ2n) is 5.57. The van der Waals surface area contributed by atoms with Crippen molar-refractivity contribution >= 4 is 16.8 Å². The molecule has 0 saturated heterocycles. The summed E-state index contributed by atoms with van der Waals surface area (Å²) < 4.78 is 0. The van der Waals surface area contributed by atoms with Crippen LogP contribution in [0.25, 0.3) is 10.9 Å². The van der Waals surface area contributed by atoms with Gasteiger partial charge in [0.2, 0.25) is 0 Å². The van der Waals surface area contributed by atoms with E-state index in [0.717, 1.165) is 36.6 Å². The number of carbonyl (C=O) groups excluding carboxylic acids is 1. The maximum atomic E-state index is 12.3. The Labute approximate surface area is 118 Å². The number of aliphatic hydroxyl groups excluding tert-OH is 1. The standard InChI is InChI=1S/C16H20N2O2/c19-14-7-2-1-4-12(14)10-18-16(20)13-6-3-5-11-8-9-17-15(11)13/h3,5-6,8-9,12,14,17,19H,1-2,4,7,10H2,(H,18,20). The fourth-order valence-corrected chi connectivity index (χ4v) is 3.02. The summed E-state index contributed by atoms with van der Waals surface area (Å²) in [5, 5.41) is 13.9. The highest BCUT2D eigenvalue weighted by Gasteiger charge is 2.23. The number of hydrogen-bond donors (Lipinski definition) is 3.